The zero-order chi connectivity index (χ0) is 16.5. The Bertz CT molecular complexity index is 607. The van der Waals surface area contributed by atoms with Gasteiger partial charge in [-0.15, -0.1) is 23.7 Å². The number of rotatable bonds is 9. The van der Waals surface area contributed by atoms with Gasteiger partial charge in [0.05, 0.1) is 6.61 Å². The standard InChI is InChI=1S/C17H23N3O2S.ClH/c1-22-11-10-20(9-5-8-14-6-3-2-4-7-14)17(21)15-13-23-16(12-18)19-15;/h2-4,6-7,13H,5,8-12,18H2,1H3;1H. The summed E-state index contributed by atoms with van der Waals surface area (Å²) < 4.78 is 5.12. The minimum Gasteiger partial charge on any atom is -0.383 e. The SMILES string of the molecule is COCCN(CCCc1ccccc1)C(=O)c1csc(CN)n1.Cl. The second kappa shape index (κ2) is 11.1. The molecule has 0 aliphatic heterocycles. The van der Waals surface area contributed by atoms with E-state index >= 15 is 0 Å². The van der Waals surface area contributed by atoms with Crippen LogP contribution in [0, 0.1) is 0 Å². The summed E-state index contributed by atoms with van der Waals surface area (Å²) in [6.07, 6.45) is 1.86. The molecule has 2 rings (SSSR count). The van der Waals surface area contributed by atoms with Crippen LogP contribution in [0.15, 0.2) is 35.7 Å². The minimum absolute atomic E-state index is 0. The van der Waals surface area contributed by atoms with Crippen molar-refractivity contribution in [3.8, 4) is 0 Å². The van der Waals surface area contributed by atoms with Crippen LogP contribution < -0.4 is 5.73 Å². The number of aromatic nitrogens is 1. The first-order chi connectivity index (χ1) is 11.2. The van der Waals surface area contributed by atoms with Crippen molar-refractivity contribution in [2.24, 2.45) is 5.73 Å². The molecule has 0 atom stereocenters. The molecule has 0 aliphatic rings. The highest BCUT2D eigenvalue weighted by Gasteiger charge is 2.18. The molecule has 0 unspecified atom stereocenters. The number of carbonyl (C=O) groups excluding carboxylic acids is 1. The summed E-state index contributed by atoms with van der Waals surface area (Å²) >= 11 is 1.42. The van der Waals surface area contributed by atoms with Gasteiger partial charge >= 0.3 is 0 Å². The summed E-state index contributed by atoms with van der Waals surface area (Å²) in [4.78, 5) is 18.7. The van der Waals surface area contributed by atoms with E-state index in [9.17, 15) is 4.79 Å². The summed E-state index contributed by atoms with van der Waals surface area (Å²) in [7, 11) is 1.64. The van der Waals surface area contributed by atoms with Gasteiger partial charge in [0.25, 0.3) is 5.91 Å². The van der Waals surface area contributed by atoms with Crippen molar-refractivity contribution in [1.29, 1.82) is 0 Å². The van der Waals surface area contributed by atoms with E-state index < -0.39 is 0 Å². The zero-order valence-electron chi connectivity index (χ0n) is 13.8. The monoisotopic (exact) mass is 369 g/mol. The van der Waals surface area contributed by atoms with Gasteiger partial charge in [-0.2, -0.15) is 0 Å². The predicted octanol–water partition coefficient (Wildman–Crippen LogP) is 2.75. The third-order valence-corrected chi connectivity index (χ3v) is 4.41. The van der Waals surface area contributed by atoms with Crippen LogP contribution in [0.1, 0.15) is 27.5 Å². The third kappa shape index (κ3) is 6.20. The van der Waals surface area contributed by atoms with Crippen molar-refractivity contribution in [3.63, 3.8) is 0 Å². The van der Waals surface area contributed by atoms with E-state index in [-0.39, 0.29) is 18.3 Å². The molecule has 0 spiro atoms. The molecular weight excluding hydrogens is 346 g/mol. The molecule has 0 bridgehead atoms. The van der Waals surface area contributed by atoms with E-state index in [0.717, 1.165) is 17.8 Å². The van der Waals surface area contributed by atoms with Crippen molar-refractivity contribution in [2.75, 3.05) is 26.8 Å². The summed E-state index contributed by atoms with van der Waals surface area (Å²) in [5.41, 5.74) is 7.33. The van der Waals surface area contributed by atoms with Gasteiger partial charge < -0.3 is 15.4 Å². The lowest BCUT2D eigenvalue weighted by molar-refractivity contribution is 0.0688. The van der Waals surface area contributed by atoms with Crippen LogP contribution in [0.3, 0.4) is 0 Å². The van der Waals surface area contributed by atoms with Crippen LogP contribution in [0.25, 0.3) is 0 Å². The summed E-state index contributed by atoms with van der Waals surface area (Å²) in [6.45, 7) is 2.14. The first-order valence-corrected chi connectivity index (χ1v) is 8.59. The molecular formula is C17H24ClN3O2S. The Balaban J connectivity index is 0.00000288. The molecule has 1 aromatic heterocycles. The highest BCUT2D eigenvalue weighted by atomic mass is 35.5. The van der Waals surface area contributed by atoms with Crippen LogP contribution in [0.4, 0.5) is 0 Å². The summed E-state index contributed by atoms with van der Waals surface area (Å²) in [5.74, 6) is -0.0499. The molecule has 7 heteroatoms. The molecule has 2 N–H and O–H groups in total. The number of ether oxygens (including phenoxy) is 1. The molecule has 1 heterocycles. The Hall–Kier alpha value is -1.47. The van der Waals surface area contributed by atoms with Crippen LogP contribution in [-0.2, 0) is 17.7 Å². The average Bonchev–Trinajstić information content (AvgIpc) is 3.07. The van der Waals surface area contributed by atoms with Crippen LogP contribution in [0.5, 0.6) is 0 Å². The van der Waals surface area contributed by atoms with E-state index in [2.05, 4.69) is 17.1 Å². The maximum Gasteiger partial charge on any atom is 0.273 e. The fourth-order valence-corrected chi connectivity index (χ4v) is 2.95. The second-order valence-electron chi connectivity index (χ2n) is 5.20. The summed E-state index contributed by atoms with van der Waals surface area (Å²) in [5, 5.41) is 2.56. The molecule has 132 valence electrons. The molecule has 2 aromatic rings. The predicted molar refractivity (Wildman–Crippen MR) is 99.8 cm³/mol. The van der Waals surface area contributed by atoms with Gasteiger partial charge in [0.2, 0.25) is 0 Å². The van der Waals surface area contributed by atoms with Gasteiger partial charge in [-0.1, -0.05) is 30.3 Å². The molecule has 1 aromatic carbocycles. The van der Waals surface area contributed by atoms with Crippen molar-refractivity contribution < 1.29 is 9.53 Å². The normalized spacial score (nSPS) is 10.2. The molecule has 5 nitrogen and oxygen atoms in total. The first kappa shape index (κ1) is 20.6. The van der Waals surface area contributed by atoms with E-state index in [1.54, 1.807) is 12.5 Å². The second-order valence-corrected chi connectivity index (χ2v) is 6.15. The largest absolute Gasteiger partial charge is 0.383 e. The highest BCUT2D eigenvalue weighted by Crippen LogP contribution is 2.12. The lowest BCUT2D eigenvalue weighted by Crippen LogP contribution is -2.35. The maximum absolute atomic E-state index is 12.6. The molecule has 0 aliphatic carbocycles. The number of carbonyl (C=O) groups is 1. The van der Waals surface area contributed by atoms with Gasteiger partial charge in [0.1, 0.15) is 10.7 Å². The van der Waals surface area contributed by atoms with Crippen molar-refractivity contribution in [2.45, 2.75) is 19.4 Å². The molecule has 0 radical (unpaired) electrons. The maximum atomic E-state index is 12.6. The van der Waals surface area contributed by atoms with Gasteiger partial charge in [-0.05, 0) is 18.4 Å². The lowest BCUT2D eigenvalue weighted by Gasteiger charge is -2.21. The number of methoxy groups -OCH3 is 1. The number of nitrogens with zero attached hydrogens (tertiary/aromatic N) is 2. The van der Waals surface area contributed by atoms with Crippen molar-refractivity contribution in [3.05, 3.63) is 52.0 Å². The molecule has 1 amide bonds. The minimum atomic E-state index is -0.0499. The fourth-order valence-electron chi connectivity index (χ4n) is 2.30. The van der Waals surface area contributed by atoms with Crippen molar-refractivity contribution in [1.82, 2.24) is 9.88 Å². The Labute approximate surface area is 153 Å². The van der Waals surface area contributed by atoms with E-state index in [1.165, 1.54) is 16.9 Å². The number of halogens is 1. The number of thiazole rings is 1. The molecule has 0 saturated carbocycles. The van der Waals surface area contributed by atoms with E-state index in [1.807, 2.05) is 23.1 Å². The Morgan fingerprint density at radius 3 is 2.67 bits per heavy atom. The summed E-state index contributed by atoms with van der Waals surface area (Å²) in [6, 6.07) is 10.3. The quantitative estimate of drug-likeness (QED) is 0.737. The van der Waals surface area contributed by atoms with Crippen LogP contribution in [0.2, 0.25) is 0 Å². The highest BCUT2D eigenvalue weighted by molar-refractivity contribution is 7.09. The smallest absolute Gasteiger partial charge is 0.273 e. The number of nitrogens with two attached hydrogens (primary N) is 1. The number of hydrogen-bond acceptors (Lipinski definition) is 5. The number of aryl methyl sites for hydroxylation is 1. The van der Waals surface area contributed by atoms with Gasteiger partial charge in [0, 0.05) is 32.1 Å². The van der Waals surface area contributed by atoms with Gasteiger partial charge in [-0.3, -0.25) is 4.79 Å². The first-order valence-electron chi connectivity index (χ1n) is 7.71. The molecule has 0 saturated heterocycles. The Morgan fingerprint density at radius 2 is 2.04 bits per heavy atom. The van der Waals surface area contributed by atoms with Gasteiger partial charge in [0.15, 0.2) is 0 Å². The number of amides is 1. The lowest BCUT2D eigenvalue weighted by atomic mass is 10.1. The average molecular weight is 370 g/mol. The van der Waals surface area contributed by atoms with E-state index in [4.69, 9.17) is 10.5 Å². The van der Waals surface area contributed by atoms with Crippen LogP contribution in [-0.4, -0.2) is 42.6 Å². The Morgan fingerprint density at radius 1 is 1.29 bits per heavy atom. The third-order valence-electron chi connectivity index (χ3n) is 3.53. The number of hydrogen-bond donors (Lipinski definition) is 1. The topological polar surface area (TPSA) is 68.5 Å². The molecule has 0 fully saturated rings. The molecule has 24 heavy (non-hydrogen) atoms. The Kier molecular flexibility index (Phi) is 9.56. The fraction of sp³-hybridized carbons (Fsp3) is 0.412. The van der Waals surface area contributed by atoms with Gasteiger partial charge in [-0.25, -0.2) is 4.98 Å². The van der Waals surface area contributed by atoms with Crippen molar-refractivity contribution >= 4 is 29.7 Å². The zero-order valence-corrected chi connectivity index (χ0v) is 15.4. The van der Waals surface area contributed by atoms with E-state index in [0.29, 0.717) is 31.9 Å². The number of benzene rings is 1. The van der Waals surface area contributed by atoms with Crippen LogP contribution >= 0.6 is 23.7 Å².